The first-order valence-electron chi connectivity index (χ1n) is 4.89. The van der Waals surface area contributed by atoms with Crippen LogP contribution in [0.3, 0.4) is 0 Å². The SMILES string of the molecule is CC1C=Cc2c(sc3cccnc23)C1. The van der Waals surface area contributed by atoms with E-state index in [9.17, 15) is 0 Å². The Balaban J connectivity index is 2.32. The summed E-state index contributed by atoms with van der Waals surface area (Å²) < 4.78 is 1.32. The number of hydrogen-bond acceptors (Lipinski definition) is 2. The number of hydrogen-bond donors (Lipinski definition) is 0. The number of thiophene rings is 1. The zero-order valence-electron chi connectivity index (χ0n) is 8.03. The summed E-state index contributed by atoms with van der Waals surface area (Å²) in [5, 5.41) is 0. The Morgan fingerprint density at radius 3 is 3.36 bits per heavy atom. The van der Waals surface area contributed by atoms with Gasteiger partial charge in [0.05, 0.1) is 10.2 Å². The molecule has 1 aliphatic carbocycles. The Morgan fingerprint density at radius 1 is 1.50 bits per heavy atom. The smallest absolute Gasteiger partial charge is 0.0884 e. The highest BCUT2D eigenvalue weighted by atomic mass is 32.1. The van der Waals surface area contributed by atoms with Crippen LogP contribution in [0, 0.1) is 5.92 Å². The lowest BCUT2D eigenvalue weighted by Gasteiger charge is -2.10. The van der Waals surface area contributed by atoms with Gasteiger partial charge in [-0.1, -0.05) is 19.1 Å². The molecular formula is C12H11NS. The van der Waals surface area contributed by atoms with Crippen molar-refractivity contribution in [3.05, 3.63) is 34.8 Å². The summed E-state index contributed by atoms with van der Waals surface area (Å²) in [4.78, 5) is 5.93. The highest BCUT2D eigenvalue weighted by Gasteiger charge is 2.15. The van der Waals surface area contributed by atoms with Gasteiger partial charge in [-0.05, 0) is 24.5 Å². The maximum absolute atomic E-state index is 4.44. The zero-order chi connectivity index (χ0) is 9.54. The van der Waals surface area contributed by atoms with Crippen LogP contribution in [0.4, 0.5) is 0 Å². The maximum atomic E-state index is 4.44. The molecule has 70 valence electrons. The number of allylic oxidation sites excluding steroid dienone is 1. The fourth-order valence-corrected chi connectivity index (χ4v) is 3.23. The fraction of sp³-hybridized carbons (Fsp3) is 0.250. The van der Waals surface area contributed by atoms with Gasteiger partial charge in [0.15, 0.2) is 0 Å². The van der Waals surface area contributed by atoms with Gasteiger partial charge in [-0.15, -0.1) is 11.3 Å². The second-order valence-corrected chi connectivity index (χ2v) is 4.97. The van der Waals surface area contributed by atoms with Crippen LogP contribution in [-0.4, -0.2) is 4.98 Å². The van der Waals surface area contributed by atoms with E-state index in [1.165, 1.54) is 27.1 Å². The van der Waals surface area contributed by atoms with Gasteiger partial charge in [-0.3, -0.25) is 4.98 Å². The third-order valence-corrected chi connectivity index (χ3v) is 3.84. The van der Waals surface area contributed by atoms with Crippen LogP contribution in [0.5, 0.6) is 0 Å². The zero-order valence-corrected chi connectivity index (χ0v) is 8.84. The Labute approximate surface area is 87.1 Å². The quantitative estimate of drug-likeness (QED) is 0.635. The summed E-state index contributed by atoms with van der Waals surface area (Å²) in [6, 6.07) is 4.17. The molecule has 1 aliphatic rings. The molecule has 0 spiro atoms. The molecule has 2 heteroatoms. The van der Waals surface area contributed by atoms with Crippen LogP contribution in [0.25, 0.3) is 16.3 Å². The van der Waals surface area contributed by atoms with E-state index < -0.39 is 0 Å². The third-order valence-electron chi connectivity index (χ3n) is 2.66. The minimum atomic E-state index is 0.676. The van der Waals surface area contributed by atoms with Crippen LogP contribution < -0.4 is 0 Å². The molecule has 0 fully saturated rings. The van der Waals surface area contributed by atoms with Gasteiger partial charge < -0.3 is 0 Å². The molecule has 14 heavy (non-hydrogen) atoms. The van der Waals surface area contributed by atoms with Gasteiger partial charge >= 0.3 is 0 Å². The number of fused-ring (bicyclic) bond motifs is 3. The number of pyridine rings is 1. The number of rotatable bonds is 0. The molecule has 0 aromatic carbocycles. The largest absolute Gasteiger partial charge is 0.255 e. The average molecular weight is 201 g/mol. The summed E-state index contributed by atoms with van der Waals surface area (Å²) in [6.07, 6.45) is 7.56. The molecule has 0 aliphatic heterocycles. The summed E-state index contributed by atoms with van der Waals surface area (Å²) in [5.41, 5.74) is 2.53. The summed E-state index contributed by atoms with van der Waals surface area (Å²) >= 11 is 1.89. The van der Waals surface area contributed by atoms with Gasteiger partial charge in [-0.2, -0.15) is 0 Å². The van der Waals surface area contributed by atoms with E-state index in [0.29, 0.717) is 5.92 Å². The van der Waals surface area contributed by atoms with E-state index in [2.05, 4.69) is 30.1 Å². The van der Waals surface area contributed by atoms with Crippen molar-refractivity contribution >= 4 is 27.6 Å². The van der Waals surface area contributed by atoms with Crippen molar-refractivity contribution < 1.29 is 0 Å². The van der Waals surface area contributed by atoms with E-state index in [4.69, 9.17) is 0 Å². The summed E-state index contributed by atoms with van der Waals surface area (Å²) in [5.74, 6) is 0.676. The molecule has 2 aromatic heterocycles. The fourth-order valence-electron chi connectivity index (χ4n) is 1.94. The minimum absolute atomic E-state index is 0.676. The summed E-state index contributed by atoms with van der Waals surface area (Å²) in [6.45, 7) is 2.26. The lowest BCUT2D eigenvalue weighted by molar-refractivity contribution is 0.728. The molecule has 0 N–H and O–H groups in total. The van der Waals surface area contributed by atoms with Gasteiger partial charge in [0.25, 0.3) is 0 Å². The molecule has 0 amide bonds. The van der Waals surface area contributed by atoms with Crippen LogP contribution in [0.1, 0.15) is 17.4 Å². The van der Waals surface area contributed by atoms with E-state index in [1.807, 2.05) is 23.6 Å². The lowest BCUT2D eigenvalue weighted by Crippen LogP contribution is -1.99. The van der Waals surface area contributed by atoms with Crippen LogP contribution >= 0.6 is 11.3 Å². The molecule has 2 heterocycles. The first-order valence-corrected chi connectivity index (χ1v) is 5.71. The Hall–Kier alpha value is -1.15. The number of nitrogens with zero attached hydrogens (tertiary/aromatic N) is 1. The molecular weight excluding hydrogens is 190 g/mol. The van der Waals surface area contributed by atoms with E-state index >= 15 is 0 Å². The number of aromatic nitrogens is 1. The third kappa shape index (κ3) is 1.11. The van der Waals surface area contributed by atoms with Crippen molar-refractivity contribution in [1.82, 2.24) is 4.98 Å². The standard InChI is InChI=1S/C12H11NS/c1-8-4-5-9-11(7-8)14-10-3-2-6-13-12(9)10/h2-6,8H,7H2,1H3. The first kappa shape index (κ1) is 8.18. The predicted molar refractivity (Wildman–Crippen MR) is 61.5 cm³/mol. The monoisotopic (exact) mass is 201 g/mol. The lowest BCUT2D eigenvalue weighted by atomic mass is 9.97. The van der Waals surface area contributed by atoms with Gasteiger partial charge in [0, 0.05) is 16.6 Å². The van der Waals surface area contributed by atoms with Crippen LogP contribution in [0.2, 0.25) is 0 Å². The Bertz CT molecular complexity index is 510. The molecule has 1 nitrogen and oxygen atoms in total. The van der Waals surface area contributed by atoms with Crippen LogP contribution in [0.15, 0.2) is 24.4 Å². The van der Waals surface area contributed by atoms with Crippen molar-refractivity contribution in [1.29, 1.82) is 0 Å². The van der Waals surface area contributed by atoms with Gasteiger partial charge in [0.2, 0.25) is 0 Å². The predicted octanol–water partition coefficient (Wildman–Crippen LogP) is 3.50. The molecule has 2 aromatic rings. The Kier molecular flexibility index (Phi) is 1.71. The molecule has 0 bridgehead atoms. The minimum Gasteiger partial charge on any atom is -0.255 e. The van der Waals surface area contributed by atoms with E-state index in [-0.39, 0.29) is 0 Å². The second kappa shape index (κ2) is 2.92. The van der Waals surface area contributed by atoms with Crippen molar-refractivity contribution in [2.24, 2.45) is 5.92 Å². The molecule has 0 saturated heterocycles. The van der Waals surface area contributed by atoms with Gasteiger partial charge in [-0.25, -0.2) is 0 Å². The Morgan fingerprint density at radius 2 is 2.43 bits per heavy atom. The normalized spacial score (nSPS) is 19.9. The van der Waals surface area contributed by atoms with E-state index in [1.54, 1.807) is 0 Å². The molecule has 0 radical (unpaired) electrons. The highest BCUT2D eigenvalue weighted by molar-refractivity contribution is 7.19. The molecule has 3 rings (SSSR count). The van der Waals surface area contributed by atoms with Crippen molar-refractivity contribution in [2.75, 3.05) is 0 Å². The summed E-state index contributed by atoms with van der Waals surface area (Å²) in [7, 11) is 0. The van der Waals surface area contributed by atoms with Crippen molar-refractivity contribution in [2.45, 2.75) is 13.3 Å². The molecule has 1 atom stereocenters. The average Bonchev–Trinajstić information content (AvgIpc) is 2.54. The highest BCUT2D eigenvalue weighted by Crippen LogP contribution is 2.35. The van der Waals surface area contributed by atoms with E-state index in [0.717, 1.165) is 0 Å². The second-order valence-electron chi connectivity index (χ2n) is 3.83. The molecule has 0 saturated carbocycles. The van der Waals surface area contributed by atoms with Gasteiger partial charge in [0.1, 0.15) is 0 Å². The van der Waals surface area contributed by atoms with Crippen molar-refractivity contribution in [3.63, 3.8) is 0 Å². The first-order chi connectivity index (χ1) is 6.84. The topological polar surface area (TPSA) is 12.9 Å². The molecule has 1 unspecified atom stereocenters. The van der Waals surface area contributed by atoms with Crippen molar-refractivity contribution in [3.8, 4) is 0 Å². The van der Waals surface area contributed by atoms with Crippen LogP contribution in [-0.2, 0) is 6.42 Å². The maximum Gasteiger partial charge on any atom is 0.0884 e.